The molecule has 132 valence electrons. The van der Waals surface area contributed by atoms with E-state index in [4.69, 9.17) is 4.89 Å². The highest BCUT2D eigenvalue weighted by molar-refractivity contribution is 7.32. The van der Waals surface area contributed by atoms with Crippen molar-refractivity contribution in [3.05, 3.63) is 0 Å². The number of hydrogen-bond acceptors (Lipinski definition) is 2. The van der Waals surface area contributed by atoms with Crippen molar-refractivity contribution in [3.63, 3.8) is 0 Å². The van der Waals surface area contributed by atoms with Gasteiger partial charge in [-0.25, -0.2) is 0 Å². The molecule has 0 fully saturated rings. The molecule has 4 heteroatoms. The third kappa shape index (κ3) is 20.0. The Morgan fingerprint density at radius 2 is 0.955 bits per heavy atom. The smallest absolute Gasteiger partial charge is 0.133 e. The lowest BCUT2D eigenvalue weighted by Crippen LogP contribution is -1.87. The Hall–Kier alpha value is 0.0200. The molecule has 0 saturated carbocycles. The van der Waals surface area contributed by atoms with Gasteiger partial charge in [0.15, 0.2) is 0 Å². The highest BCUT2D eigenvalue weighted by Crippen LogP contribution is 2.16. The molecule has 0 saturated heterocycles. The summed E-state index contributed by atoms with van der Waals surface area (Å²) in [5, 5.41) is 0. The summed E-state index contributed by atoms with van der Waals surface area (Å²) < 4.78 is 14.9. The lowest BCUT2D eigenvalue weighted by molar-refractivity contribution is 0.273. The fraction of sp³-hybridized carbons (Fsp3) is 1.00. The van der Waals surface area contributed by atoms with Crippen LogP contribution in [0.5, 0.6) is 0 Å². The summed E-state index contributed by atoms with van der Waals surface area (Å²) in [6.07, 6.45) is 21.4. The number of hydrogen-bond donors (Lipinski definition) is 1. The van der Waals surface area contributed by atoms with Gasteiger partial charge in [-0.2, -0.15) is 0 Å². The Kier molecular flexibility index (Phi) is 19.1. The summed E-state index contributed by atoms with van der Waals surface area (Å²) in [7, 11) is -2.39. The molecule has 0 amide bonds. The lowest BCUT2D eigenvalue weighted by Gasteiger charge is -2.03. The van der Waals surface area contributed by atoms with Crippen molar-refractivity contribution in [2.75, 3.05) is 6.61 Å². The lowest BCUT2D eigenvalue weighted by atomic mass is 10.0. The first-order chi connectivity index (χ1) is 10.8. The van der Waals surface area contributed by atoms with Crippen molar-refractivity contribution in [2.24, 2.45) is 0 Å². The molecule has 1 N–H and O–H groups in total. The third-order valence-corrected chi connectivity index (χ3v) is 4.60. The van der Waals surface area contributed by atoms with Crippen LogP contribution < -0.4 is 0 Å². The summed E-state index contributed by atoms with van der Waals surface area (Å²) >= 11 is 0. The van der Waals surface area contributed by atoms with Crippen LogP contribution in [0.1, 0.15) is 110 Å². The summed E-state index contributed by atoms with van der Waals surface area (Å²) in [6.45, 7) is 2.69. The average Bonchev–Trinajstić information content (AvgIpc) is 2.50. The molecule has 0 spiro atoms. The minimum atomic E-state index is -2.39. The molecule has 0 radical (unpaired) electrons. The molecule has 0 aliphatic carbocycles. The van der Waals surface area contributed by atoms with Crippen LogP contribution in [0, 0.1) is 0 Å². The van der Waals surface area contributed by atoms with Gasteiger partial charge in [-0.3, -0.25) is 0 Å². The zero-order chi connectivity index (χ0) is 16.3. The van der Waals surface area contributed by atoms with Crippen LogP contribution in [0.15, 0.2) is 0 Å². The first kappa shape index (κ1) is 22.0. The summed E-state index contributed by atoms with van der Waals surface area (Å²) in [4.78, 5) is 8.46. The standard InChI is InChI=1S/C18H37O3P/c1-2-3-4-5-6-7-8-9-10-11-12-13-14-15-16-17-18-21-22(19)20/h2-18H2,1H3/p+1. The minimum absolute atomic E-state index is 0.421. The van der Waals surface area contributed by atoms with Crippen LogP contribution in [-0.2, 0) is 9.09 Å². The molecule has 0 aromatic rings. The second-order valence-electron chi connectivity index (χ2n) is 6.37. The first-order valence-electron chi connectivity index (χ1n) is 9.56. The summed E-state index contributed by atoms with van der Waals surface area (Å²) in [6, 6.07) is 0. The molecule has 22 heavy (non-hydrogen) atoms. The van der Waals surface area contributed by atoms with Gasteiger partial charge in [0, 0.05) is 4.57 Å². The van der Waals surface area contributed by atoms with Crippen molar-refractivity contribution < 1.29 is 14.0 Å². The Labute approximate surface area is 139 Å². The van der Waals surface area contributed by atoms with Gasteiger partial charge in [0.2, 0.25) is 0 Å². The van der Waals surface area contributed by atoms with Crippen molar-refractivity contribution in [1.82, 2.24) is 0 Å². The van der Waals surface area contributed by atoms with Gasteiger partial charge in [-0.05, 0) is 6.42 Å². The number of rotatable bonds is 18. The van der Waals surface area contributed by atoms with E-state index in [-0.39, 0.29) is 0 Å². The van der Waals surface area contributed by atoms with E-state index in [1.54, 1.807) is 0 Å². The van der Waals surface area contributed by atoms with Crippen LogP contribution >= 0.6 is 8.25 Å². The van der Waals surface area contributed by atoms with Gasteiger partial charge >= 0.3 is 8.25 Å². The van der Waals surface area contributed by atoms with Gasteiger partial charge in [0.05, 0.1) is 0 Å². The van der Waals surface area contributed by atoms with Crippen molar-refractivity contribution >= 4 is 8.25 Å². The predicted molar refractivity (Wildman–Crippen MR) is 95.3 cm³/mol. The van der Waals surface area contributed by atoms with E-state index >= 15 is 0 Å². The highest BCUT2D eigenvalue weighted by Gasteiger charge is 2.09. The zero-order valence-corrected chi connectivity index (χ0v) is 15.6. The van der Waals surface area contributed by atoms with Gasteiger partial charge in [-0.1, -0.05) is 103 Å². The average molecular weight is 333 g/mol. The molecule has 0 heterocycles. The molecule has 1 atom stereocenters. The molecule has 0 aromatic carbocycles. The Bertz CT molecular complexity index is 234. The second-order valence-corrected chi connectivity index (χ2v) is 7.11. The zero-order valence-electron chi connectivity index (χ0n) is 14.7. The Balaban J connectivity index is 2.95. The van der Waals surface area contributed by atoms with E-state index in [1.165, 1.54) is 89.9 Å². The maximum absolute atomic E-state index is 10.3. The quantitative estimate of drug-likeness (QED) is 0.219. The van der Waals surface area contributed by atoms with E-state index in [1.807, 2.05) is 0 Å². The van der Waals surface area contributed by atoms with Crippen molar-refractivity contribution in [1.29, 1.82) is 0 Å². The minimum Gasteiger partial charge on any atom is -0.133 e. The predicted octanol–water partition coefficient (Wildman–Crippen LogP) is 6.91. The second kappa shape index (κ2) is 19.1. The van der Waals surface area contributed by atoms with Crippen molar-refractivity contribution in [3.8, 4) is 0 Å². The molecule has 0 bridgehead atoms. The van der Waals surface area contributed by atoms with E-state index in [9.17, 15) is 4.57 Å². The van der Waals surface area contributed by atoms with Gasteiger partial charge < -0.3 is 0 Å². The molecule has 0 aliphatic rings. The topological polar surface area (TPSA) is 46.5 Å². The first-order valence-corrected chi connectivity index (χ1v) is 10.7. The fourth-order valence-corrected chi connectivity index (χ4v) is 3.08. The Morgan fingerprint density at radius 1 is 0.636 bits per heavy atom. The van der Waals surface area contributed by atoms with Crippen LogP contribution in [0.3, 0.4) is 0 Å². The SMILES string of the molecule is CCCCCCCCCCCCCCCCCCO[P+](=O)O. The molecular weight excluding hydrogens is 295 g/mol. The largest absolute Gasteiger partial charge is 0.694 e. The van der Waals surface area contributed by atoms with E-state index < -0.39 is 8.25 Å². The summed E-state index contributed by atoms with van der Waals surface area (Å²) in [5.41, 5.74) is 0. The maximum atomic E-state index is 10.3. The maximum Gasteiger partial charge on any atom is 0.694 e. The van der Waals surface area contributed by atoms with E-state index in [0.29, 0.717) is 6.61 Å². The summed E-state index contributed by atoms with van der Waals surface area (Å²) in [5.74, 6) is 0. The van der Waals surface area contributed by atoms with Crippen molar-refractivity contribution in [2.45, 2.75) is 110 Å². The Morgan fingerprint density at radius 3 is 1.27 bits per heavy atom. The molecule has 3 nitrogen and oxygen atoms in total. The molecule has 0 aromatic heterocycles. The van der Waals surface area contributed by atoms with Gasteiger partial charge in [-0.15, -0.1) is 9.42 Å². The van der Waals surface area contributed by atoms with Crippen LogP contribution in [0.4, 0.5) is 0 Å². The normalized spacial score (nSPS) is 11.8. The van der Waals surface area contributed by atoms with E-state index in [2.05, 4.69) is 11.4 Å². The van der Waals surface area contributed by atoms with Gasteiger partial charge in [0.25, 0.3) is 0 Å². The molecular formula is C18H38O3P+. The number of unbranched alkanes of at least 4 members (excludes halogenated alkanes) is 15. The van der Waals surface area contributed by atoms with Gasteiger partial charge in [0.1, 0.15) is 6.61 Å². The molecule has 0 aliphatic heterocycles. The molecule has 1 unspecified atom stereocenters. The van der Waals surface area contributed by atoms with E-state index in [0.717, 1.165) is 12.8 Å². The fourth-order valence-electron chi connectivity index (χ4n) is 2.79. The molecule has 0 rings (SSSR count). The third-order valence-electron chi connectivity index (χ3n) is 4.20. The monoisotopic (exact) mass is 333 g/mol. The van der Waals surface area contributed by atoms with Crippen LogP contribution in [0.25, 0.3) is 0 Å². The van der Waals surface area contributed by atoms with Crippen LogP contribution in [0.2, 0.25) is 0 Å². The van der Waals surface area contributed by atoms with Crippen LogP contribution in [-0.4, -0.2) is 11.5 Å². The highest BCUT2D eigenvalue weighted by atomic mass is 31.1.